The lowest BCUT2D eigenvalue weighted by atomic mass is 9.83. The molecule has 2 heterocycles. The molecule has 9 heteroatoms. The highest BCUT2D eigenvalue weighted by atomic mass is 35.5. The second kappa shape index (κ2) is 8.60. The Labute approximate surface area is 177 Å². The third-order valence-electron chi connectivity index (χ3n) is 4.43. The van der Waals surface area contributed by atoms with Crippen LogP contribution < -0.4 is 10.5 Å². The SMILES string of the molecule is CCOC(=O)C1=C(CCl)OC(N)=C(C#N)[C@H]1c1cc2ccc(OC)cc2nc1Cl. The molecule has 0 saturated carbocycles. The molecule has 0 fully saturated rings. The number of fused-ring (bicyclic) bond motifs is 1. The molecular weight excluding hydrogens is 417 g/mol. The number of nitriles is 1. The molecule has 3 rings (SSSR count). The second-order valence-electron chi connectivity index (χ2n) is 6.04. The molecule has 0 spiro atoms. The molecule has 1 aromatic carbocycles. The Morgan fingerprint density at radius 2 is 2.17 bits per heavy atom. The fraction of sp³-hybridized carbons (Fsp3) is 0.250. The maximum absolute atomic E-state index is 12.7. The molecule has 0 amide bonds. The van der Waals surface area contributed by atoms with Gasteiger partial charge in [0.2, 0.25) is 5.88 Å². The second-order valence-corrected chi connectivity index (χ2v) is 6.67. The van der Waals surface area contributed by atoms with Crippen molar-refractivity contribution in [3.8, 4) is 11.8 Å². The molecule has 7 nitrogen and oxygen atoms in total. The van der Waals surface area contributed by atoms with Gasteiger partial charge in [0.25, 0.3) is 0 Å². The Hall–Kier alpha value is -2.95. The number of nitrogens with two attached hydrogens (primary N) is 1. The van der Waals surface area contributed by atoms with E-state index in [1.807, 2.05) is 6.07 Å². The van der Waals surface area contributed by atoms with Gasteiger partial charge in [-0.25, -0.2) is 9.78 Å². The summed E-state index contributed by atoms with van der Waals surface area (Å²) in [5, 5.41) is 10.5. The Morgan fingerprint density at radius 1 is 1.41 bits per heavy atom. The van der Waals surface area contributed by atoms with E-state index in [9.17, 15) is 10.1 Å². The number of nitrogens with zero attached hydrogens (tertiary/aromatic N) is 2. The van der Waals surface area contributed by atoms with E-state index in [0.29, 0.717) is 16.8 Å². The van der Waals surface area contributed by atoms with Crippen LogP contribution in [0.4, 0.5) is 0 Å². The van der Waals surface area contributed by atoms with Crippen molar-refractivity contribution in [1.82, 2.24) is 4.98 Å². The maximum Gasteiger partial charge on any atom is 0.338 e. The monoisotopic (exact) mass is 433 g/mol. The summed E-state index contributed by atoms with van der Waals surface area (Å²) in [4.78, 5) is 17.1. The minimum Gasteiger partial charge on any atom is -0.497 e. The van der Waals surface area contributed by atoms with Crippen molar-refractivity contribution in [1.29, 1.82) is 5.26 Å². The quantitative estimate of drug-likeness (QED) is 0.434. The number of ether oxygens (including phenoxy) is 3. The first-order chi connectivity index (χ1) is 13.9. The first kappa shape index (κ1) is 20.8. The predicted molar refractivity (Wildman–Crippen MR) is 108 cm³/mol. The summed E-state index contributed by atoms with van der Waals surface area (Å²) in [5.74, 6) is -1.14. The van der Waals surface area contributed by atoms with Crippen LogP contribution in [0.3, 0.4) is 0 Å². The summed E-state index contributed by atoms with van der Waals surface area (Å²) in [6.07, 6.45) is 0. The maximum atomic E-state index is 12.7. The van der Waals surface area contributed by atoms with E-state index in [1.165, 1.54) is 0 Å². The molecule has 2 aromatic rings. The lowest BCUT2D eigenvalue weighted by Crippen LogP contribution is -2.27. The summed E-state index contributed by atoms with van der Waals surface area (Å²) < 4.78 is 15.8. The van der Waals surface area contributed by atoms with Crippen molar-refractivity contribution in [2.24, 2.45) is 5.73 Å². The van der Waals surface area contributed by atoms with E-state index < -0.39 is 11.9 Å². The van der Waals surface area contributed by atoms with Crippen molar-refractivity contribution in [2.75, 3.05) is 19.6 Å². The van der Waals surface area contributed by atoms with Gasteiger partial charge < -0.3 is 19.9 Å². The highest BCUT2D eigenvalue weighted by molar-refractivity contribution is 6.31. The van der Waals surface area contributed by atoms with Gasteiger partial charge in [-0.2, -0.15) is 5.26 Å². The number of hydrogen-bond acceptors (Lipinski definition) is 7. The molecule has 1 aromatic heterocycles. The zero-order chi connectivity index (χ0) is 21.1. The van der Waals surface area contributed by atoms with Crippen molar-refractivity contribution in [3.05, 3.63) is 57.8 Å². The molecule has 1 aliphatic rings. The van der Waals surface area contributed by atoms with E-state index in [4.69, 9.17) is 43.1 Å². The van der Waals surface area contributed by atoms with E-state index >= 15 is 0 Å². The Balaban J connectivity index is 2.26. The zero-order valence-corrected chi connectivity index (χ0v) is 17.2. The van der Waals surface area contributed by atoms with Gasteiger partial charge >= 0.3 is 5.97 Å². The first-order valence-electron chi connectivity index (χ1n) is 8.63. The number of aromatic nitrogens is 1. The third-order valence-corrected chi connectivity index (χ3v) is 4.98. The highest BCUT2D eigenvalue weighted by Gasteiger charge is 2.38. The van der Waals surface area contributed by atoms with Gasteiger partial charge in [-0.3, -0.25) is 0 Å². The van der Waals surface area contributed by atoms with Crippen molar-refractivity contribution >= 4 is 40.1 Å². The fourth-order valence-corrected chi connectivity index (χ4v) is 3.58. The van der Waals surface area contributed by atoms with Crippen LogP contribution in [-0.4, -0.2) is 30.5 Å². The van der Waals surface area contributed by atoms with Crippen LogP contribution in [-0.2, 0) is 14.3 Å². The largest absolute Gasteiger partial charge is 0.497 e. The summed E-state index contributed by atoms with van der Waals surface area (Å²) in [5.41, 5.74) is 7.04. The first-order valence-corrected chi connectivity index (χ1v) is 9.54. The van der Waals surface area contributed by atoms with E-state index in [2.05, 4.69) is 4.98 Å². The summed E-state index contributed by atoms with van der Waals surface area (Å²) in [6.45, 7) is 1.81. The van der Waals surface area contributed by atoms with Crippen LogP contribution in [0.25, 0.3) is 10.9 Å². The summed E-state index contributed by atoms with van der Waals surface area (Å²) in [6, 6.07) is 9.06. The molecule has 150 valence electrons. The number of benzene rings is 1. The van der Waals surface area contributed by atoms with Gasteiger partial charge in [0, 0.05) is 17.0 Å². The lowest BCUT2D eigenvalue weighted by Gasteiger charge is -2.27. The average molecular weight is 434 g/mol. The van der Waals surface area contributed by atoms with Crippen LogP contribution in [0.1, 0.15) is 18.4 Å². The number of halogens is 2. The van der Waals surface area contributed by atoms with Crippen molar-refractivity contribution in [3.63, 3.8) is 0 Å². The van der Waals surface area contributed by atoms with E-state index in [1.54, 1.807) is 38.3 Å². The van der Waals surface area contributed by atoms with E-state index in [0.717, 1.165) is 5.39 Å². The number of hydrogen-bond donors (Lipinski definition) is 1. The fourth-order valence-electron chi connectivity index (χ4n) is 3.13. The van der Waals surface area contributed by atoms with Crippen LogP contribution in [0.2, 0.25) is 5.15 Å². The lowest BCUT2D eigenvalue weighted by molar-refractivity contribution is -0.139. The number of esters is 1. The molecule has 1 aliphatic heterocycles. The molecule has 0 saturated heterocycles. The summed E-state index contributed by atoms with van der Waals surface area (Å²) in [7, 11) is 1.55. The van der Waals surface area contributed by atoms with Crippen molar-refractivity contribution < 1.29 is 19.0 Å². The third kappa shape index (κ3) is 3.82. The van der Waals surface area contributed by atoms with Gasteiger partial charge in [-0.1, -0.05) is 11.6 Å². The smallest absolute Gasteiger partial charge is 0.338 e. The van der Waals surface area contributed by atoms with Crippen LogP contribution in [0.5, 0.6) is 5.75 Å². The van der Waals surface area contributed by atoms with Crippen LogP contribution in [0.15, 0.2) is 47.1 Å². The molecule has 1 atom stereocenters. The molecule has 0 bridgehead atoms. The van der Waals surface area contributed by atoms with Gasteiger partial charge in [0.05, 0.1) is 36.6 Å². The Morgan fingerprint density at radius 3 is 2.79 bits per heavy atom. The number of carbonyl (C=O) groups excluding carboxylic acids is 1. The predicted octanol–water partition coefficient (Wildman–Crippen LogP) is 3.76. The highest BCUT2D eigenvalue weighted by Crippen LogP contribution is 2.43. The number of pyridine rings is 1. The minimum atomic E-state index is -0.923. The zero-order valence-electron chi connectivity index (χ0n) is 15.7. The topological polar surface area (TPSA) is 107 Å². The molecule has 0 unspecified atom stereocenters. The Bertz CT molecular complexity index is 1090. The number of carbonyl (C=O) groups is 1. The Kier molecular flexibility index (Phi) is 6.16. The summed E-state index contributed by atoms with van der Waals surface area (Å²) >= 11 is 12.4. The normalized spacial score (nSPS) is 16.4. The number of allylic oxidation sites excluding steroid dienone is 2. The molecule has 29 heavy (non-hydrogen) atoms. The molecular formula is C20H17Cl2N3O4. The van der Waals surface area contributed by atoms with Gasteiger partial charge in [0.1, 0.15) is 28.3 Å². The molecule has 2 N–H and O–H groups in total. The van der Waals surface area contributed by atoms with Crippen molar-refractivity contribution in [2.45, 2.75) is 12.8 Å². The number of alkyl halides is 1. The molecule has 0 radical (unpaired) electrons. The minimum absolute atomic E-state index is 0.0264. The van der Waals surface area contributed by atoms with Gasteiger partial charge in [-0.05, 0) is 25.1 Å². The van der Waals surface area contributed by atoms with Crippen LogP contribution in [0, 0.1) is 11.3 Å². The average Bonchev–Trinajstić information content (AvgIpc) is 2.72. The molecule has 0 aliphatic carbocycles. The number of rotatable bonds is 5. The van der Waals surface area contributed by atoms with Gasteiger partial charge in [0.15, 0.2) is 0 Å². The number of methoxy groups -OCH3 is 1. The standard InChI is InChI=1S/C20H17Cl2N3O4/c1-3-28-20(26)17-15(8-21)29-19(24)13(9-23)16(17)12-6-10-4-5-11(27-2)7-14(10)25-18(12)22/h4-7,16H,3,8,24H2,1-2H3/t16-/m1/s1. The van der Waals surface area contributed by atoms with Crippen LogP contribution >= 0.6 is 23.2 Å². The van der Waals surface area contributed by atoms with Gasteiger partial charge in [-0.15, -0.1) is 11.6 Å². The van der Waals surface area contributed by atoms with E-state index in [-0.39, 0.29) is 40.4 Å².